The van der Waals surface area contributed by atoms with Crippen LogP contribution in [0.1, 0.15) is 21.3 Å². The molecule has 0 aliphatic carbocycles. The van der Waals surface area contributed by atoms with Crippen molar-refractivity contribution in [3.05, 3.63) is 58.3 Å². The molecule has 0 radical (unpaired) electrons. The Hall–Kier alpha value is -2.18. The number of ether oxygens (including phenoxy) is 1. The van der Waals surface area contributed by atoms with Gasteiger partial charge >= 0.3 is 0 Å². The van der Waals surface area contributed by atoms with E-state index in [9.17, 15) is 9.59 Å². The van der Waals surface area contributed by atoms with E-state index in [-0.39, 0.29) is 24.5 Å². The SMILES string of the molecule is O=C(NCC(=O)N1CCO[C@H](c2ccccc2)C1)c1cccs1. The van der Waals surface area contributed by atoms with Crippen molar-refractivity contribution in [2.24, 2.45) is 0 Å². The minimum Gasteiger partial charge on any atom is -0.370 e. The van der Waals surface area contributed by atoms with Crippen molar-refractivity contribution in [1.82, 2.24) is 10.2 Å². The summed E-state index contributed by atoms with van der Waals surface area (Å²) in [4.78, 5) is 26.5. The molecule has 23 heavy (non-hydrogen) atoms. The van der Waals surface area contributed by atoms with Crippen LogP contribution >= 0.6 is 11.3 Å². The highest BCUT2D eigenvalue weighted by Gasteiger charge is 2.25. The van der Waals surface area contributed by atoms with Crippen molar-refractivity contribution in [2.75, 3.05) is 26.2 Å². The van der Waals surface area contributed by atoms with Crippen LogP contribution in [0, 0.1) is 0 Å². The number of hydrogen-bond acceptors (Lipinski definition) is 4. The molecular weight excluding hydrogens is 312 g/mol. The maximum atomic E-state index is 12.3. The van der Waals surface area contributed by atoms with Crippen LogP contribution in [0.4, 0.5) is 0 Å². The zero-order chi connectivity index (χ0) is 16.1. The van der Waals surface area contributed by atoms with Gasteiger partial charge in [0.2, 0.25) is 5.91 Å². The number of benzene rings is 1. The molecule has 0 spiro atoms. The van der Waals surface area contributed by atoms with Gasteiger partial charge in [0.25, 0.3) is 5.91 Å². The first-order valence-electron chi connectivity index (χ1n) is 7.50. The van der Waals surface area contributed by atoms with Gasteiger partial charge in [0.05, 0.1) is 24.6 Å². The Balaban J connectivity index is 1.54. The Kier molecular flexibility index (Phi) is 5.05. The standard InChI is InChI=1S/C17H18N2O3S/c20-16(11-18-17(21)15-7-4-10-23-15)19-8-9-22-14(12-19)13-5-2-1-3-6-13/h1-7,10,14H,8-9,11-12H2,(H,18,21)/t14-/m0/s1. The lowest BCUT2D eigenvalue weighted by Crippen LogP contribution is -2.46. The second kappa shape index (κ2) is 7.39. The average Bonchev–Trinajstić information content (AvgIpc) is 3.15. The molecule has 2 amide bonds. The lowest BCUT2D eigenvalue weighted by atomic mass is 10.1. The number of morpholine rings is 1. The quantitative estimate of drug-likeness (QED) is 0.934. The van der Waals surface area contributed by atoms with Gasteiger partial charge in [0.1, 0.15) is 6.10 Å². The summed E-state index contributed by atoms with van der Waals surface area (Å²) >= 11 is 1.36. The van der Waals surface area contributed by atoms with Crippen LogP contribution < -0.4 is 5.32 Å². The van der Waals surface area contributed by atoms with Crippen molar-refractivity contribution in [1.29, 1.82) is 0 Å². The van der Waals surface area contributed by atoms with E-state index >= 15 is 0 Å². The monoisotopic (exact) mass is 330 g/mol. The van der Waals surface area contributed by atoms with Crippen LogP contribution in [-0.4, -0.2) is 43.0 Å². The average molecular weight is 330 g/mol. The van der Waals surface area contributed by atoms with E-state index in [1.54, 1.807) is 11.0 Å². The van der Waals surface area contributed by atoms with Gasteiger partial charge < -0.3 is 15.0 Å². The van der Waals surface area contributed by atoms with E-state index in [1.165, 1.54) is 11.3 Å². The lowest BCUT2D eigenvalue weighted by molar-refractivity contribution is -0.137. The molecular formula is C17H18N2O3S. The fourth-order valence-electron chi connectivity index (χ4n) is 2.51. The zero-order valence-electron chi connectivity index (χ0n) is 12.6. The second-order valence-corrected chi connectivity index (χ2v) is 6.22. The number of nitrogens with one attached hydrogen (secondary N) is 1. The van der Waals surface area contributed by atoms with Crippen molar-refractivity contribution < 1.29 is 14.3 Å². The van der Waals surface area contributed by atoms with Crippen LogP contribution in [0.2, 0.25) is 0 Å². The highest BCUT2D eigenvalue weighted by atomic mass is 32.1. The molecule has 1 fully saturated rings. The molecule has 6 heteroatoms. The Morgan fingerprint density at radius 3 is 2.78 bits per heavy atom. The van der Waals surface area contributed by atoms with E-state index in [1.807, 2.05) is 41.8 Å². The molecule has 1 atom stereocenters. The molecule has 1 N–H and O–H groups in total. The molecule has 1 saturated heterocycles. The summed E-state index contributed by atoms with van der Waals surface area (Å²) in [6.07, 6.45) is -0.109. The lowest BCUT2D eigenvalue weighted by Gasteiger charge is -2.33. The van der Waals surface area contributed by atoms with E-state index in [0.29, 0.717) is 24.6 Å². The number of hydrogen-bond donors (Lipinski definition) is 1. The van der Waals surface area contributed by atoms with Crippen molar-refractivity contribution >= 4 is 23.2 Å². The van der Waals surface area contributed by atoms with Gasteiger partial charge in [0.15, 0.2) is 0 Å². The molecule has 2 heterocycles. The topological polar surface area (TPSA) is 58.6 Å². The summed E-state index contributed by atoms with van der Waals surface area (Å²) in [6.45, 7) is 1.58. The molecule has 1 aromatic heterocycles. The summed E-state index contributed by atoms with van der Waals surface area (Å²) in [6, 6.07) is 13.4. The minimum absolute atomic E-state index is 0.0121. The largest absolute Gasteiger partial charge is 0.370 e. The fourth-order valence-corrected chi connectivity index (χ4v) is 3.15. The van der Waals surface area contributed by atoms with Crippen LogP contribution in [0.3, 0.4) is 0 Å². The summed E-state index contributed by atoms with van der Waals surface area (Å²) < 4.78 is 5.75. The van der Waals surface area contributed by atoms with E-state index in [2.05, 4.69) is 5.32 Å². The number of rotatable bonds is 4. The Bertz CT molecular complexity index is 658. The first kappa shape index (κ1) is 15.7. The van der Waals surface area contributed by atoms with Crippen molar-refractivity contribution in [2.45, 2.75) is 6.10 Å². The van der Waals surface area contributed by atoms with Gasteiger partial charge in [-0.05, 0) is 17.0 Å². The normalized spacial score (nSPS) is 17.7. The third kappa shape index (κ3) is 3.97. The van der Waals surface area contributed by atoms with E-state index in [0.717, 1.165) is 5.56 Å². The Labute approximate surface area is 138 Å². The number of amides is 2. The van der Waals surface area contributed by atoms with Crippen LogP contribution in [0.15, 0.2) is 47.8 Å². The molecule has 1 aromatic carbocycles. The van der Waals surface area contributed by atoms with E-state index < -0.39 is 0 Å². The molecule has 2 aromatic rings. The van der Waals surface area contributed by atoms with Gasteiger partial charge in [-0.2, -0.15) is 0 Å². The van der Waals surface area contributed by atoms with Crippen molar-refractivity contribution in [3.63, 3.8) is 0 Å². The van der Waals surface area contributed by atoms with Crippen LogP contribution in [0.5, 0.6) is 0 Å². The summed E-state index contributed by atoms with van der Waals surface area (Å²) in [5.41, 5.74) is 1.06. The Morgan fingerprint density at radius 1 is 1.22 bits per heavy atom. The Morgan fingerprint density at radius 2 is 2.04 bits per heavy atom. The predicted octanol–water partition coefficient (Wildman–Crippen LogP) is 2.08. The highest BCUT2D eigenvalue weighted by Crippen LogP contribution is 2.21. The van der Waals surface area contributed by atoms with Gasteiger partial charge in [-0.15, -0.1) is 11.3 Å². The fraction of sp³-hybridized carbons (Fsp3) is 0.294. The third-order valence-corrected chi connectivity index (χ3v) is 4.60. The molecule has 0 saturated carbocycles. The molecule has 1 aliphatic heterocycles. The van der Waals surface area contributed by atoms with Crippen LogP contribution in [0.25, 0.3) is 0 Å². The third-order valence-electron chi connectivity index (χ3n) is 3.74. The minimum atomic E-state index is -0.207. The number of carbonyl (C=O) groups is 2. The smallest absolute Gasteiger partial charge is 0.261 e. The molecule has 3 rings (SSSR count). The molecule has 0 bridgehead atoms. The predicted molar refractivity (Wildman–Crippen MR) is 88.4 cm³/mol. The number of thiophene rings is 1. The molecule has 1 aliphatic rings. The van der Waals surface area contributed by atoms with E-state index in [4.69, 9.17) is 4.74 Å². The summed E-state index contributed by atoms with van der Waals surface area (Å²) in [7, 11) is 0. The molecule has 0 unspecified atom stereocenters. The van der Waals surface area contributed by atoms with Gasteiger partial charge in [-0.1, -0.05) is 36.4 Å². The number of nitrogens with zero attached hydrogens (tertiary/aromatic N) is 1. The maximum absolute atomic E-state index is 12.3. The highest BCUT2D eigenvalue weighted by molar-refractivity contribution is 7.12. The molecule has 120 valence electrons. The molecule has 5 nitrogen and oxygen atoms in total. The second-order valence-electron chi connectivity index (χ2n) is 5.27. The summed E-state index contributed by atoms with van der Waals surface area (Å²) in [5.74, 6) is -0.291. The maximum Gasteiger partial charge on any atom is 0.261 e. The van der Waals surface area contributed by atoms with Gasteiger partial charge in [0, 0.05) is 6.54 Å². The van der Waals surface area contributed by atoms with Gasteiger partial charge in [-0.25, -0.2) is 0 Å². The zero-order valence-corrected chi connectivity index (χ0v) is 13.4. The first-order chi connectivity index (χ1) is 11.2. The first-order valence-corrected chi connectivity index (χ1v) is 8.38. The van der Waals surface area contributed by atoms with Crippen molar-refractivity contribution in [3.8, 4) is 0 Å². The number of carbonyl (C=O) groups excluding carboxylic acids is 2. The van der Waals surface area contributed by atoms with Gasteiger partial charge in [-0.3, -0.25) is 9.59 Å². The van der Waals surface area contributed by atoms with Crippen LogP contribution in [-0.2, 0) is 9.53 Å². The summed E-state index contributed by atoms with van der Waals surface area (Å²) in [5, 5.41) is 4.51.